The molecule has 0 aromatic heterocycles. The second-order valence-corrected chi connectivity index (χ2v) is 5.69. The maximum Gasteiger partial charge on any atom is 0.307 e. The summed E-state index contributed by atoms with van der Waals surface area (Å²) in [5, 5.41) is 3.34. The first-order valence-corrected chi connectivity index (χ1v) is 6.55. The molecule has 1 unspecified atom stereocenters. The predicted octanol–water partition coefficient (Wildman–Crippen LogP) is 2.66. The fourth-order valence-corrected chi connectivity index (χ4v) is 1.93. The van der Waals surface area contributed by atoms with Crippen molar-refractivity contribution in [1.82, 2.24) is 5.32 Å². The SMILES string of the molecule is CC(C)(C)OC(=O)CCNCC1CC=CCC1. The summed E-state index contributed by atoms with van der Waals surface area (Å²) in [6.07, 6.45) is 8.58. The summed E-state index contributed by atoms with van der Waals surface area (Å²) in [6, 6.07) is 0. The second-order valence-electron chi connectivity index (χ2n) is 5.69. The molecule has 1 aliphatic rings. The highest BCUT2D eigenvalue weighted by Crippen LogP contribution is 2.16. The molecule has 98 valence electrons. The van der Waals surface area contributed by atoms with Crippen LogP contribution in [0.25, 0.3) is 0 Å². The largest absolute Gasteiger partial charge is 0.460 e. The summed E-state index contributed by atoms with van der Waals surface area (Å²) in [5.74, 6) is 0.618. The van der Waals surface area contributed by atoms with Gasteiger partial charge in [-0.25, -0.2) is 0 Å². The van der Waals surface area contributed by atoms with Gasteiger partial charge >= 0.3 is 5.97 Å². The van der Waals surface area contributed by atoms with Gasteiger partial charge in [0.1, 0.15) is 5.60 Å². The van der Waals surface area contributed by atoms with Crippen LogP contribution in [0.15, 0.2) is 12.2 Å². The third-order valence-electron chi connectivity index (χ3n) is 2.74. The number of esters is 1. The molecule has 0 saturated heterocycles. The van der Waals surface area contributed by atoms with Crippen LogP contribution in [0.3, 0.4) is 0 Å². The Morgan fingerprint density at radius 2 is 2.18 bits per heavy atom. The first-order valence-electron chi connectivity index (χ1n) is 6.55. The van der Waals surface area contributed by atoms with E-state index in [1.54, 1.807) is 0 Å². The third-order valence-corrected chi connectivity index (χ3v) is 2.74. The van der Waals surface area contributed by atoms with Crippen LogP contribution >= 0.6 is 0 Å². The number of ether oxygens (including phenoxy) is 1. The van der Waals surface area contributed by atoms with Gasteiger partial charge in [0.15, 0.2) is 0 Å². The number of rotatable bonds is 5. The van der Waals surface area contributed by atoms with Crippen LogP contribution in [-0.2, 0) is 9.53 Å². The van der Waals surface area contributed by atoms with E-state index in [-0.39, 0.29) is 11.6 Å². The number of nitrogens with one attached hydrogen (secondary N) is 1. The normalized spacial score (nSPS) is 20.3. The number of carbonyl (C=O) groups is 1. The molecule has 0 fully saturated rings. The van der Waals surface area contributed by atoms with E-state index in [9.17, 15) is 4.79 Å². The summed E-state index contributed by atoms with van der Waals surface area (Å²) in [5.41, 5.74) is -0.370. The van der Waals surface area contributed by atoms with Gasteiger partial charge in [-0.2, -0.15) is 0 Å². The smallest absolute Gasteiger partial charge is 0.307 e. The lowest BCUT2D eigenvalue weighted by molar-refractivity contribution is -0.154. The average Bonchev–Trinajstić information content (AvgIpc) is 2.23. The maximum atomic E-state index is 11.4. The van der Waals surface area contributed by atoms with Crippen molar-refractivity contribution in [2.45, 2.75) is 52.1 Å². The molecule has 17 heavy (non-hydrogen) atoms. The average molecular weight is 239 g/mol. The number of carbonyl (C=O) groups excluding carboxylic acids is 1. The molecule has 0 bridgehead atoms. The van der Waals surface area contributed by atoms with Gasteiger partial charge < -0.3 is 10.1 Å². The fraction of sp³-hybridized carbons (Fsp3) is 0.786. The zero-order chi connectivity index (χ0) is 12.7. The Morgan fingerprint density at radius 3 is 2.76 bits per heavy atom. The first-order chi connectivity index (χ1) is 7.97. The molecule has 0 aromatic rings. The summed E-state index contributed by atoms with van der Waals surface area (Å²) in [7, 11) is 0. The Bertz CT molecular complexity index is 266. The Kier molecular flexibility index (Phi) is 5.69. The van der Waals surface area contributed by atoms with E-state index in [0.717, 1.165) is 19.0 Å². The Labute approximate surface area is 105 Å². The van der Waals surface area contributed by atoms with E-state index in [2.05, 4.69) is 17.5 Å². The minimum Gasteiger partial charge on any atom is -0.460 e. The van der Waals surface area contributed by atoms with Crippen molar-refractivity contribution in [3.8, 4) is 0 Å². The van der Waals surface area contributed by atoms with Gasteiger partial charge in [-0.1, -0.05) is 12.2 Å². The monoisotopic (exact) mass is 239 g/mol. The molecule has 1 aliphatic carbocycles. The lowest BCUT2D eigenvalue weighted by atomic mass is 9.94. The van der Waals surface area contributed by atoms with Crippen LogP contribution in [0, 0.1) is 5.92 Å². The summed E-state index contributed by atoms with van der Waals surface area (Å²) < 4.78 is 5.24. The van der Waals surface area contributed by atoms with Crippen molar-refractivity contribution in [3.63, 3.8) is 0 Å². The van der Waals surface area contributed by atoms with Crippen molar-refractivity contribution in [2.24, 2.45) is 5.92 Å². The van der Waals surface area contributed by atoms with Gasteiger partial charge in [-0.3, -0.25) is 4.79 Å². The van der Waals surface area contributed by atoms with Gasteiger partial charge in [0.2, 0.25) is 0 Å². The molecule has 3 heteroatoms. The van der Waals surface area contributed by atoms with Crippen LogP contribution in [0.4, 0.5) is 0 Å². The zero-order valence-corrected chi connectivity index (χ0v) is 11.3. The standard InChI is InChI=1S/C14H25NO2/c1-14(2,3)17-13(16)9-10-15-11-12-7-5-4-6-8-12/h4-5,12,15H,6-11H2,1-3H3. The molecule has 1 N–H and O–H groups in total. The third kappa shape index (κ3) is 7.16. The number of allylic oxidation sites excluding steroid dienone is 2. The molecular formula is C14H25NO2. The molecule has 0 saturated carbocycles. The molecule has 1 atom stereocenters. The van der Waals surface area contributed by atoms with Crippen LogP contribution in [-0.4, -0.2) is 24.7 Å². The van der Waals surface area contributed by atoms with Crippen molar-refractivity contribution in [3.05, 3.63) is 12.2 Å². The number of hydrogen-bond donors (Lipinski definition) is 1. The molecule has 0 radical (unpaired) electrons. The van der Waals surface area contributed by atoms with Gasteiger partial charge in [-0.15, -0.1) is 0 Å². The fourth-order valence-electron chi connectivity index (χ4n) is 1.93. The molecule has 0 aliphatic heterocycles. The van der Waals surface area contributed by atoms with Crippen LogP contribution in [0.1, 0.15) is 46.5 Å². The molecule has 0 aromatic carbocycles. The molecule has 0 amide bonds. The molecule has 0 spiro atoms. The van der Waals surface area contributed by atoms with Crippen LogP contribution in [0.5, 0.6) is 0 Å². The Balaban J connectivity index is 2.04. The van der Waals surface area contributed by atoms with Crippen LogP contribution in [0.2, 0.25) is 0 Å². The topological polar surface area (TPSA) is 38.3 Å². The first kappa shape index (κ1) is 14.2. The molecular weight excluding hydrogens is 214 g/mol. The van der Waals surface area contributed by atoms with E-state index in [1.165, 1.54) is 19.3 Å². The van der Waals surface area contributed by atoms with Gasteiger partial charge in [0, 0.05) is 6.54 Å². The van der Waals surface area contributed by atoms with E-state index in [1.807, 2.05) is 20.8 Å². The van der Waals surface area contributed by atoms with Crippen molar-refractivity contribution >= 4 is 5.97 Å². The Morgan fingerprint density at radius 1 is 1.41 bits per heavy atom. The van der Waals surface area contributed by atoms with E-state index < -0.39 is 0 Å². The molecule has 0 heterocycles. The quantitative estimate of drug-likeness (QED) is 0.455. The lowest BCUT2D eigenvalue weighted by Crippen LogP contribution is -2.29. The molecule has 3 nitrogen and oxygen atoms in total. The summed E-state index contributed by atoms with van der Waals surface area (Å²) >= 11 is 0. The summed E-state index contributed by atoms with van der Waals surface area (Å²) in [6.45, 7) is 7.41. The minimum atomic E-state index is -0.370. The summed E-state index contributed by atoms with van der Waals surface area (Å²) in [4.78, 5) is 11.4. The Hall–Kier alpha value is -0.830. The minimum absolute atomic E-state index is 0.117. The van der Waals surface area contributed by atoms with E-state index in [4.69, 9.17) is 4.74 Å². The van der Waals surface area contributed by atoms with E-state index in [0.29, 0.717) is 6.42 Å². The van der Waals surface area contributed by atoms with Crippen LogP contribution < -0.4 is 5.32 Å². The van der Waals surface area contributed by atoms with Gasteiger partial charge in [0.25, 0.3) is 0 Å². The highest BCUT2D eigenvalue weighted by atomic mass is 16.6. The highest BCUT2D eigenvalue weighted by molar-refractivity contribution is 5.70. The van der Waals surface area contributed by atoms with Crippen molar-refractivity contribution < 1.29 is 9.53 Å². The predicted molar refractivity (Wildman–Crippen MR) is 69.8 cm³/mol. The maximum absolute atomic E-state index is 11.4. The van der Waals surface area contributed by atoms with Crippen molar-refractivity contribution in [2.75, 3.05) is 13.1 Å². The molecule has 1 rings (SSSR count). The van der Waals surface area contributed by atoms with Gasteiger partial charge in [0.05, 0.1) is 6.42 Å². The zero-order valence-electron chi connectivity index (χ0n) is 11.3. The lowest BCUT2D eigenvalue weighted by Gasteiger charge is -2.20. The second kappa shape index (κ2) is 6.80. The van der Waals surface area contributed by atoms with Gasteiger partial charge in [-0.05, 0) is 52.5 Å². The highest BCUT2D eigenvalue weighted by Gasteiger charge is 2.16. The van der Waals surface area contributed by atoms with E-state index >= 15 is 0 Å². The number of hydrogen-bond acceptors (Lipinski definition) is 3. The van der Waals surface area contributed by atoms with Crippen molar-refractivity contribution in [1.29, 1.82) is 0 Å².